The van der Waals surface area contributed by atoms with Crippen LogP contribution in [0.5, 0.6) is 0 Å². The Morgan fingerprint density at radius 1 is 0.818 bits per heavy atom. The van der Waals surface area contributed by atoms with Gasteiger partial charge in [-0.25, -0.2) is 19.3 Å². The fourth-order valence-electron chi connectivity index (χ4n) is 7.50. The van der Waals surface area contributed by atoms with E-state index < -0.39 is 93.1 Å². The summed E-state index contributed by atoms with van der Waals surface area (Å²) in [6.45, 7) is 2.62. The van der Waals surface area contributed by atoms with Gasteiger partial charge in [0.2, 0.25) is 6.67 Å². The van der Waals surface area contributed by atoms with E-state index in [0.29, 0.717) is 0 Å². The third kappa shape index (κ3) is 5.35. The van der Waals surface area contributed by atoms with Crippen molar-refractivity contribution in [2.24, 2.45) is 5.92 Å². The summed E-state index contributed by atoms with van der Waals surface area (Å²) in [5.41, 5.74) is 0. The monoisotopic (exact) mass is 633 g/mol. The molecule has 2 rings (SSSR count). The number of hydrogen-bond donors (Lipinski definition) is 2. The van der Waals surface area contributed by atoms with Crippen LogP contribution in [0.25, 0.3) is 0 Å². The number of aliphatic hydroxyl groups is 2. The standard InChI is InChI=1S/C28H57N8O8/c1-15-20(2)16-34(12)23(39)21(35(13,18-37)28(34)44)29(3)25(41)30(4,5)17-31(6,7)26(42)32(8,9)22-24(40)33(10,11)27(43)36(22,14)19-38/h20-22,37-38H,15-19H2,1-14H3/q+7. The van der Waals surface area contributed by atoms with Gasteiger partial charge in [-0.05, 0) is 6.42 Å². The summed E-state index contributed by atoms with van der Waals surface area (Å²) in [6, 6.07) is -2.14. The molecule has 0 radical (unpaired) electrons. The largest absolute Gasteiger partial charge is 0.528 e. The van der Waals surface area contributed by atoms with Gasteiger partial charge in [-0.1, -0.05) is 13.8 Å². The molecule has 2 aliphatic rings. The first-order valence-electron chi connectivity index (χ1n) is 14.8. The summed E-state index contributed by atoms with van der Waals surface area (Å²) in [4.78, 5) is 83.8. The van der Waals surface area contributed by atoms with Crippen molar-refractivity contribution in [1.29, 1.82) is 0 Å². The van der Waals surface area contributed by atoms with E-state index in [-0.39, 0.29) is 19.1 Å². The lowest BCUT2D eigenvalue weighted by Gasteiger charge is -2.41. The predicted molar refractivity (Wildman–Crippen MR) is 157 cm³/mol. The first-order chi connectivity index (χ1) is 19.6. The van der Waals surface area contributed by atoms with Gasteiger partial charge >= 0.3 is 48.3 Å². The SMILES string of the molecule is CCC(C)C[N+]1(C)C(=O)C(N(C)C(=O)[N+](C)(C)C[N+](C)(C)C(=O)[N+](C)(C)C2C(=O)[N+](C)(C)C(=O)[N+]2(C)CO)[N+](C)(CO)C1=O. The van der Waals surface area contributed by atoms with Crippen LogP contribution in [-0.4, -0.2) is 206 Å². The highest BCUT2D eigenvalue weighted by atomic mass is 16.3. The number of rotatable bonds is 9. The minimum absolute atomic E-state index is 0.0374. The quantitative estimate of drug-likeness (QED) is 0.200. The smallest absolute Gasteiger partial charge is 0.347 e. The summed E-state index contributed by atoms with van der Waals surface area (Å²) < 4.78 is -4.01. The first kappa shape index (κ1) is 37.6. The fourth-order valence-corrected chi connectivity index (χ4v) is 7.50. The van der Waals surface area contributed by atoms with E-state index in [0.717, 1.165) is 6.42 Å². The van der Waals surface area contributed by atoms with E-state index in [1.807, 2.05) is 13.8 Å². The van der Waals surface area contributed by atoms with Gasteiger partial charge in [0.05, 0.1) is 77.5 Å². The Hall–Kier alpha value is -2.54. The van der Waals surface area contributed by atoms with Crippen LogP contribution in [0.3, 0.4) is 0 Å². The lowest BCUT2D eigenvalue weighted by atomic mass is 10.1. The molecular weight excluding hydrogens is 576 g/mol. The van der Waals surface area contributed by atoms with Crippen LogP contribution >= 0.6 is 0 Å². The molecule has 6 atom stereocenters. The first-order valence-corrected chi connectivity index (χ1v) is 14.8. The molecule has 0 aromatic rings. The second-order valence-electron chi connectivity index (χ2n) is 15.4. The fraction of sp³-hybridized carbons (Fsp3) is 0.786. The zero-order chi connectivity index (χ0) is 34.8. The third-order valence-corrected chi connectivity index (χ3v) is 9.81. The van der Waals surface area contributed by atoms with Crippen molar-refractivity contribution in [3.63, 3.8) is 0 Å². The number of urea groups is 4. The Balaban J connectivity index is 2.46. The number of nitrogens with zero attached hydrogens (tertiary/aromatic N) is 8. The summed E-state index contributed by atoms with van der Waals surface area (Å²) in [5.74, 6) is -0.995. The summed E-state index contributed by atoms with van der Waals surface area (Å²) in [6.07, 6.45) is -1.80. The average molecular weight is 634 g/mol. The molecule has 10 amide bonds. The van der Waals surface area contributed by atoms with Gasteiger partial charge in [-0.15, -0.1) is 13.4 Å². The molecule has 44 heavy (non-hydrogen) atoms. The molecule has 2 aliphatic heterocycles. The van der Waals surface area contributed by atoms with E-state index in [9.17, 15) is 39.0 Å². The topological polar surface area (TPSA) is 146 Å². The van der Waals surface area contributed by atoms with Gasteiger partial charge in [0.1, 0.15) is 6.54 Å². The molecule has 0 saturated carbocycles. The zero-order valence-electron chi connectivity index (χ0n) is 29.2. The van der Waals surface area contributed by atoms with Crippen molar-refractivity contribution in [3.05, 3.63) is 0 Å². The van der Waals surface area contributed by atoms with Crippen molar-refractivity contribution in [2.45, 2.75) is 32.6 Å². The van der Waals surface area contributed by atoms with Crippen molar-refractivity contribution in [2.75, 3.05) is 111 Å². The molecule has 0 spiro atoms. The highest BCUT2D eigenvalue weighted by Gasteiger charge is 2.77. The number of imide groups is 2. The molecule has 0 bridgehead atoms. The van der Waals surface area contributed by atoms with Gasteiger partial charge < -0.3 is 10.2 Å². The third-order valence-electron chi connectivity index (χ3n) is 9.81. The Morgan fingerprint density at radius 3 is 1.73 bits per heavy atom. The van der Waals surface area contributed by atoms with Crippen molar-refractivity contribution < 1.29 is 70.4 Å². The molecule has 0 aromatic heterocycles. The van der Waals surface area contributed by atoms with E-state index >= 15 is 0 Å². The molecule has 250 valence electrons. The van der Waals surface area contributed by atoms with Crippen LogP contribution in [0.1, 0.15) is 20.3 Å². The number of carbonyl (C=O) groups excluding carboxylic acids is 6. The maximum atomic E-state index is 14.2. The minimum Gasteiger partial charge on any atom is -0.347 e. The predicted octanol–water partition coefficient (Wildman–Crippen LogP) is -0.321. The number of likely N-dealkylation sites (N-methyl/N-ethyl adjacent to an activating group) is 6. The Morgan fingerprint density at radius 2 is 1.30 bits per heavy atom. The Kier molecular flexibility index (Phi) is 9.72. The van der Waals surface area contributed by atoms with E-state index in [1.54, 1.807) is 28.2 Å². The summed E-state index contributed by atoms with van der Waals surface area (Å²) >= 11 is 0. The molecule has 2 saturated heterocycles. The lowest BCUT2D eigenvalue weighted by molar-refractivity contribution is -1.08. The van der Waals surface area contributed by atoms with Crippen molar-refractivity contribution in [1.82, 2.24) is 4.90 Å². The van der Waals surface area contributed by atoms with E-state index in [2.05, 4.69) is 0 Å². The van der Waals surface area contributed by atoms with Crippen LogP contribution in [0.15, 0.2) is 0 Å². The minimum atomic E-state index is -1.30. The number of hydrogen-bond acceptors (Lipinski definition) is 8. The molecule has 2 N–H and O–H groups in total. The Labute approximate surface area is 261 Å². The maximum absolute atomic E-state index is 14.2. The van der Waals surface area contributed by atoms with Crippen molar-refractivity contribution in [3.8, 4) is 0 Å². The molecule has 2 heterocycles. The van der Waals surface area contributed by atoms with Gasteiger partial charge in [0, 0.05) is 13.0 Å². The van der Waals surface area contributed by atoms with E-state index in [4.69, 9.17) is 0 Å². The molecule has 0 aromatic carbocycles. The van der Waals surface area contributed by atoms with Crippen LogP contribution < -0.4 is 0 Å². The second kappa shape index (κ2) is 11.4. The molecule has 0 aliphatic carbocycles. The van der Waals surface area contributed by atoms with Crippen LogP contribution in [-0.2, 0) is 9.59 Å². The number of quaternary nitrogens is 7. The number of amides is 10. The van der Waals surface area contributed by atoms with Gasteiger partial charge in [0.25, 0.3) is 0 Å². The normalized spacial score (nSPS) is 31.9. The number of aliphatic hydroxyl groups excluding tert-OH is 2. The van der Waals surface area contributed by atoms with Gasteiger partial charge in [-0.3, -0.25) is 0 Å². The van der Waals surface area contributed by atoms with Gasteiger partial charge in [-0.2, -0.15) is 32.3 Å². The molecule has 16 nitrogen and oxygen atoms in total. The lowest BCUT2D eigenvalue weighted by Crippen LogP contribution is -2.75. The molecule has 16 heteroatoms. The molecule has 6 unspecified atom stereocenters. The Bertz CT molecular complexity index is 1270. The van der Waals surface area contributed by atoms with Crippen molar-refractivity contribution >= 4 is 35.9 Å². The van der Waals surface area contributed by atoms with Crippen LogP contribution in [0, 0.1) is 5.92 Å². The molecule has 2 fully saturated rings. The highest BCUT2D eigenvalue weighted by molar-refractivity contribution is 5.91. The van der Waals surface area contributed by atoms with Gasteiger partial charge in [0.15, 0.2) is 13.5 Å². The summed E-state index contributed by atoms with van der Waals surface area (Å²) in [7, 11) is 18.0. The second-order valence-corrected chi connectivity index (χ2v) is 15.4. The number of carbonyl (C=O) groups is 6. The van der Waals surface area contributed by atoms with Crippen LogP contribution in [0.2, 0.25) is 0 Å². The highest BCUT2D eigenvalue weighted by Crippen LogP contribution is 2.36. The summed E-state index contributed by atoms with van der Waals surface area (Å²) in [5, 5.41) is 20.6. The molecular formula is C28H57N8O8+7. The average Bonchev–Trinajstić information content (AvgIpc) is 3.16. The zero-order valence-corrected chi connectivity index (χ0v) is 29.2. The van der Waals surface area contributed by atoms with E-state index in [1.165, 1.54) is 61.3 Å². The van der Waals surface area contributed by atoms with Crippen LogP contribution in [0.4, 0.5) is 19.2 Å². The maximum Gasteiger partial charge on any atom is 0.528 e.